The zero-order chi connectivity index (χ0) is 24.4. The number of hydrogen-bond donors (Lipinski definition) is 2. The molecule has 2 aromatic rings. The van der Waals surface area contributed by atoms with Crippen LogP contribution in [0.15, 0.2) is 18.2 Å². The maximum absolute atomic E-state index is 11.6. The van der Waals surface area contributed by atoms with E-state index in [1.807, 2.05) is 0 Å². The van der Waals surface area contributed by atoms with Gasteiger partial charge in [0, 0.05) is 17.0 Å². The van der Waals surface area contributed by atoms with Gasteiger partial charge >= 0.3 is 0 Å². The van der Waals surface area contributed by atoms with E-state index in [4.69, 9.17) is 0 Å². The molecule has 1 unspecified atom stereocenters. The van der Waals surface area contributed by atoms with E-state index in [0.717, 1.165) is 59.9 Å². The average molecular weight is 439 g/mol. The Bertz CT molecular complexity index is 939. The van der Waals surface area contributed by atoms with Crippen molar-refractivity contribution in [1.82, 2.24) is 0 Å². The molecule has 2 heteroatoms. The molecule has 0 saturated heterocycles. The summed E-state index contributed by atoms with van der Waals surface area (Å²) in [6, 6.07) is 6.42. The van der Waals surface area contributed by atoms with Gasteiger partial charge in [-0.1, -0.05) is 86.4 Å². The summed E-state index contributed by atoms with van der Waals surface area (Å²) in [6.45, 7) is 21.6. The van der Waals surface area contributed by atoms with Gasteiger partial charge in [-0.3, -0.25) is 0 Å². The van der Waals surface area contributed by atoms with E-state index in [0.29, 0.717) is 11.5 Å². The SMILES string of the molecule is CCCCc1cc(C(C)(C)C)c(O)c(C(CCC)c2c(C)ccc(C(C)(C)C)c2O)c1C. The number of unbranched alkanes of at least 4 members (excludes halogenated alkanes) is 1. The number of phenolic OH excluding ortho intramolecular Hbond substituents is 2. The van der Waals surface area contributed by atoms with Crippen molar-refractivity contribution in [2.24, 2.45) is 0 Å². The first-order valence-corrected chi connectivity index (χ1v) is 12.4. The molecule has 2 N–H and O–H groups in total. The quantitative estimate of drug-likeness (QED) is 0.454. The smallest absolute Gasteiger partial charge is 0.123 e. The molecule has 1 atom stereocenters. The maximum Gasteiger partial charge on any atom is 0.123 e. The molecule has 0 bridgehead atoms. The number of aryl methyl sites for hydroxylation is 2. The highest BCUT2D eigenvalue weighted by Crippen LogP contribution is 2.48. The molecule has 2 aromatic carbocycles. The first-order valence-electron chi connectivity index (χ1n) is 12.4. The van der Waals surface area contributed by atoms with E-state index in [9.17, 15) is 10.2 Å². The van der Waals surface area contributed by atoms with Crippen LogP contribution < -0.4 is 0 Å². The first-order chi connectivity index (χ1) is 14.8. The van der Waals surface area contributed by atoms with Crippen molar-refractivity contribution in [2.45, 2.75) is 118 Å². The second-order valence-corrected chi connectivity index (χ2v) is 11.6. The van der Waals surface area contributed by atoms with Gasteiger partial charge in [-0.25, -0.2) is 0 Å². The standard InChI is InChI=1S/C30H46O2/c1-11-13-15-21-18-24(30(8,9)10)28(32)26(20(21)4)22(14-12-2)25-19(3)16-17-23(27(25)31)29(5,6)7/h16-18,22,31-32H,11-15H2,1-10H3. The number of benzene rings is 2. The summed E-state index contributed by atoms with van der Waals surface area (Å²) in [5.41, 5.74) is 7.25. The lowest BCUT2D eigenvalue weighted by Crippen LogP contribution is -2.17. The molecule has 0 heterocycles. The fraction of sp³-hybridized carbons (Fsp3) is 0.600. The molecule has 0 aliphatic rings. The predicted molar refractivity (Wildman–Crippen MR) is 138 cm³/mol. The zero-order valence-electron chi connectivity index (χ0n) is 22.2. The Balaban J connectivity index is 2.91. The van der Waals surface area contributed by atoms with Crippen LogP contribution in [0.5, 0.6) is 11.5 Å². The molecule has 0 aromatic heterocycles. The highest BCUT2D eigenvalue weighted by atomic mass is 16.3. The molecule has 0 aliphatic heterocycles. The Morgan fingerprint density at radius 1 is 0.781 bits per heavy atom. The molecule has 2 rings (SSSR count). The minimum atomic E-state index is -0.158. The van der Waals surface area contributed by atoms with Gasteiger partial charge in [0.15, 0.2) is 0 Å². The lowest BCUT2D eigenvalue weighted by Gasteiger charge is -2.31. The van der Waals surface area contributed by atoms with Gasteiger partial charge in [0.05, 0.1) is 0 Å². The third kappa shape index (κ3) is 5.33. The molecule has 2 nitrogen and oxygen atoms in total. The maximum atomic E-state index is 11.6. The minimum absolute atomic E-state index is 0.0371. The first kappa shape index (κ1) is 26.3. The van der Waals surface area contributed by atoms with Crippen molar-refractivity contribution in [3.05, 3.63) is 57.1 Å². The largest absolute Gasteiger partial charge is 0.507 e. The van der Waals surface area contributed by atoms with Crippen molar-refractivity contribution < 1.29 is 10.2 Å². The number of rotatable bonds is 7. The molecule has 178 valence electrons. The van der Waals surface area contributed by atoms with Crippen LogP contribution >= 0.6 is 0 Å². The van der Waals surface area contributed by atoms with E-state index in [1.165, 1.54) is 11.1 Å². The second-order valence-electron chi connectivity index (χ2n) is 11.6. The average Bonchev–Trinajstić information content (AvgIpc) is 2.65. The molecule has 0 spiro atoms. The Labute approximate surface area is 197 Å². The summed E-state index contributed by atoms with van der Waals surface area (Å²) in [7, 11) is 0. The monoisotopic (exact) mass is 438 g/mol. The van der Waals surface area contributed by atoms with Gasteiger partial charge < -0.3 is 10.2 Å². The summed E-state index contributed by atoms with van der Waals surface area (Å²) in [5, 5.41) is 23.1. The van der Waals surface area contributed by atoms with Gasteiger partial charge in [-0.2, -0.15) is 0 Å². The molecule has 0 fully saturated rings. The van der Waals surface area contributed by atoms with E-state index < -0.39 is 0 Å². The lowest BCUT2D eigenvalue weighted by molar-refractivity contribution is 0.423. The van der Waals surface area contributed by atoms with E-state index in [2.05, 4.69) is 87.4 Å². The van der Waals surface area contributed by atoms with Crippen LogP contribution in [0.3, 0.4) is 0 Å². The second kappa shape index (κ2) is 9.89. The summed E-state index contributed by atoms with van der Waals surface area (Å²) in [5.74, 6) is 0.768. The third-order valence-electron chi connectivity index (χ3n) is 6.84. The van der Waals surface area contributed by atoms with Crippen LogP contribution in [-0.4, -0.2) is 10.2 Å². The highest BCUT2D eigenvalue weighted by Gasteiger charge is 2.31. The van der Waals surface area contributed by atoms with E-state index >= 15 is 0 Å². The summed E-state index contributed by atoms with van der Waals surface area (Å²) < 4.78 is 0. The van der Waals surface area contributed by atoms with Gasteiger partial charge in [0.2, 0.25) is 0 Å². The van der Waals surface area contributed by atoms with Gasteiger partial charge in [0.25, 0.3) is 0 Å². The van der Waals surface area contributed by atoms with E-state index in [1.54, 1.807) is 0 Å². The van der Waals surface area contributed by atoms with Crippen LogP contribution in [0.4, 0.5) is 0 Å². The van der Waals surface area contributed by atoms with Crippen LogP contribution in [0, 0.1) is 13.8 Å². The van der Waals surface area contributed by atoms with Gasteiger partial charge in [-0.15, -0.1) is 0 Å². The lowest BCUT2D eigenvalue weighted by atomic mass is 9.74. The number of phenols is 2. The highest BCUT2D eigenvalue weighted by molar-refractivity contribution is 5.60. The van der Waals surface area contributed by atoms with E-state index in [-0.39, 0.29) is 16.7 Å². The number of aromatic hydroxyl groups is 2. The molecule has 32 heavy (non-hydrogen) atoms. The van der Waals surface area contributed by atoms with Gasteiger partial charge in [0.1, 0.15) is 11.5 Å². The Morgan fingerprint density at radius 3 is 1.84 bits per heavy atom. The summed E-state index contributed by atoms with van der Waals surface area (Å²) in [6.07, 6.45) is 5.16. The van der Waals surface area contributed by atoms with Gasteiger partial charge in [-0.05, 0) is 71.8 Å². The van der Waals surface area contributed by atoms with Crippen molar-refractivity contribution >= 4 is 0 Å². The molecular formula is C30H46O2. The van der Waals surface area contributed by atoms with Crippen LogP contribution in [-0.2, 0) is 17.3 Å². The van der Waals surface area contributed by atoms with Crippen molar-refractivity contribution in [3.8, 4) is 11.5 Å². The zero-order valence-corrected chi connectivity index (χ0v) is 22.2. The summed E-state index contributed by atoms with van der Waals surface area (Å²) >= 11 is 0. The van der Waals surface area contributed by atoms with Crippen molar-refractivity contribution in [3.63, 3.8) is 0 Å². The Morgan fingerprint density at radius 2 is 1.34 bits per heavy atom. The Kier molecular flexibility index (Phi) is 8.13. The molecule has 0 amide bonds. The van der Waals surface area contributed by atoms with Crippen LogP contribution in [0.1, 0.15) is 126 Å². The van der Waals surface area contributed by atoms with Crippen LogP contribution in [0.25, 0.3) is 0 Å². The summed E-state index contributed by atoms with van der Waals surface area (Å²) in [4.78, 5) is 0. The molecule has 0 saturated carbocycles. The van der Waals surface area contributed by atoms with Crippen molar-refractivity contribution in [1.29, 1.82) is 0 Å². The number of hydrogen-bond acceptors (Lipinski definition) is 2. The van der Waals surface area contributed by atoms with Crippen molar-refractivity contribution in [2.75, 3.05) is 0 Å². The third-order valence-corrected chi connectivity index (χ3v) is 6.84. The topological polar surface area (TPSA) is 40.5 Å². The normalized spacial score (nSPS) is 13.4. The fourth-order valence-electron chi connectivity index (χ4n) is 4.95. The van der Waals surface area contributed by atoms with Crippen LogP contribution in [0.2, 0.25) is 0 Å². The predicted octanol–water partition coefficient (Wildman–Crippen LogP) is 8.58. The Hall–Kier alpha value is -1.96. The minimum Gasteiger partial charge on any atom is -0.507 e. The molecular weight excluding hydrogens is 392 g/mol. The molecule has 0 radical (unpaired) electrons. The molecule has 0 aliphatic carbocycles. The fourth-order valence-corrected chi connectivity index (χ4v) is 4.95.